The highest BCUT2D eigenvalue weighted by molar-refractivity contribution is 7.83. The Morgan fingerprint density at radius 2 is 1.67 bits per heavy atom. The third kappa shape index (κ3) is 4.69. The van der Waals surface area contributed by atoms with Gasteiger partial charge in [0, 0.05) is 6.04 Å². The van der Waals surface area contributed by atoms with E-state index in [4.69, 9.17) is 4.55 Å². The molecule has 1 fully saturated rings. The van der Waals surface area contributed by atoms with Gasteiger partial charge in [0.05, 0.1) is 0 Å². The van der Waals surface area contributed by atoms with Crippen molar-refractivity contribution in [1.82, 2.24) is 4.72 Å². The summed E-state index contributed by atoms with van der Waals surface area (Å²) in [6, 6.07) is -0.0428. The molecule has 0 radical (unpaired) electrons. The molecule has 0 aromatic heterocycles. The molecule has 12 heavy (non-hydrogen) atoms. The van der Waals surface area contributed by atoms with Crippen molar-refractivity contribution in [3.63, 3.8) is 0 Å². The van der Waals surface area contributed by atoms with Crippen molar-refractivity contribution < 1.29 is 13.0 Å². The molecule has 0 aromatic rings. The Hall–Kier alpha value is -0.130. The normalized spacial score (nSPS) is 20.1. The summed E-state index contributed by atoms with van der Waals surface area (Å²) in [5, 5.41) is 0. The zero-order valence-electron chi connectivity index (χ0n) is 6.28. The second-order valence-electron chi connectivity index (χ2n) is 2.93. The van der Waals surface area contributed by atoms with Crippen LogP contribution in [0.4, 0.5) is 0 Å². The van der Waals surface area contributed by atoms with Gasteiger partial charge in [0.1, 0.15) is 0 Å². The van der Waals surface area contributed by atoms with Crippen LogP contribution in [0, 0.1) is 0 Å². The van der Waals surface area contributed by atoms with E-state index in [9.17, 15) is 8.42 Å². The van der Waals surface area contributed by atoms with Gasteiger partial charge in [-0.05, 0) is 12.8 Å². The average molecular weight is 195 g/mol. The van der Waals surface area contributed by atoms with Gasteiger partial charge < -0.3 is 0 Å². The van der Waals surface area contributed by atoms with Gasteiger partial charge in [0.15, 0.2) is 0 Å². The lowest BCUT2D eigenvalue weighted by molar-refractivity contribution is 0.389. The molecule has 1 rings (SSSR count). The summed E-state index contributed by atoms with van der Waals surface area (Å²) < 4.78 is 31.3. The van der Waals surface area contributed by atoms with Crippen molar-refractivity contribution in [2.75, 3.05) is 0 Å². The minimum Gasteiger partial charge on any atom is -0.273 e. The second-order valence-corrected chi connectivity index (χ2v) is 4.11. The third-order valence-electron chi connectivity index (χ3n) is 1.92. The molecule has 1 aliphatic rings. The highest BCUT2D eigenvalue weighted by Crippen LogP contribution is 2.17. The van der Waals surface area contributed by atoms with Gasteiger partial charge in [-0.1, -0.05) is 26.7 Å². The first-order valence-electron chi connectivity index (χ1n) is 3.83. The maximum atomic E-state index is 10.3. The molecular weight excluding hydrogens is 178 g/mol. The Morgan fingerprint density at radius 3 is 2.08 bits per heavy atom. The van der Waals surface area contributed by atoms with Crippen LogP contribution in [0.5, 0.6) is 0 Å². The molecule has 0 spiro atoms. The molecule has 0 aliphatic heterocycles. The van der Waals surface area contributed by atoms with Crippen molar-refractivity contribution in [2.45, 2.75) is 45.6 Å². The van der Waals surface area contributed by atoms with E-state index in [1.54, 1.807) is 0 Å². The molecule has 0 atom stereocenters. The zero-order chi connectivity index (χ0) is 8.32. The summed E-state index contributed by atoms with van der Waals surface area (Å²) in [6.07, 6.45) is 4.96. The van der Waals surface area contributed by atoms with E-state index in [0.717, 1.165) is 25.7 Å². The second kappa shape index (κ2) is 4.79. The van der Waals surface area contributed by atoms with Crippen molar-refractivity contribution in [3.05, 3.63) is 0 Å². The Labute approximate surface area is 74.2 Å². The van der Waals surface area contributed by atoms with Crippen molar-refractivity contribution in [3.8, 4) is 0 Å². The van der Waals surface area contributed by atoms with Crippen molar-refractivity contribution in [2.24, 2.45) is 0 Å². The number of rotatable bonds is 2. The van der Waals surface area contributed by atoms with E-state index < -0.39 is 10.3 Å². The lowest BCUT2D eigenvalue weighted by Gasteiger charge is -2.20. The molecule has 0 bridgehead atoms. The smallest absolute Gasteiger partial charge is 0.273 e. The SMILES string of the molecule is C.O=S(=O)(O)NC1CCCCC1. The molecule has 0 heterocycles. The molecule has 1 aliphatic carbocycles. The van der Waals surface area contributed by atoms with Gasteiger partial charge >= 0.3 is 10.3 Å². The Kier molecular flexibility index (Phi) is 4.74. The highest BCUT2D eigenvalue weighted by Gasteiger charge is 2.17. The van der Waals surface area contributed by atoms with Crippen LogP contribution in [0.3, 0.4) is 0 Å². The fourth-order valence-electron chi connectivity index (χ4n) is 1.43. The van der Waals surface area contributed by atoms with E-state index in [1.807, 2.05) is 0 Å². The Balaban J connectivity index is 0.00000121. The molecule has 0 aromatic carbocycles. The van der Waals surface area contributed by atoms with E-state index in [0.29, 0.717) is 0 Å². The molecule has 2 N–H and O–H groups in total. The molecule has 74 valence electrons. The van der Waals surface area contributed by atoms with Gasteiger partial charge in [0.2, 0.25) is 0 Å². The summed E-state index contributed by atoms with van der Waals surface area (Å²) in [6.45, 7) is 0. The summed E-state index contributed by atoms with van der Waals surface area (Å²) in [4.78, 5) is 0. The van der Waals surface area contributed by atoms with Crippen LogP contribution in [0.2, 0.25) is 0 Å². The topological polar surface area (TPSA) is 66.4 Å². The monoisotopic (exact) mass is 195 g/mol. The van der Waals surface area contributed by atoms with Crippen LogP contribution < -0.4 is 4.72 Å². The fourth-order valence-corrected chi connectivity index (χ4v) is 2.09. The number of nitrogens with one attached hydrogen (secondary N) is 1. The first-order valence-corrected chi connectivity index (χ1v) is 5.27. The van der Waals surface area contributed by atoms with Gasteiger partial charge in [0.25, 0.3) is 0 Å². The maximum Gasteiger partial charge on any atom is 0.333 e. The lowest BCUT2D eigenvalue weighted by atomic mass is 9.96. The van der Waals surface area contributed by atoms with E-state index in [-0.39, 0.29) is 13.5 Å². The van der Waals surface area contributed by atoms with Crippen LogP contribution in [0.15, 0.2) is 0 Å². The molecule has 5 heteroatoms. The van der Waals surface area contributed by atoms with Crippen LogP contribution in [-0.4, -0.2) is 19.0 Å². The number of hydrogen-bond donors (Lipinski definition) is 2. The highest BCUT2D eigenvalue weighted by atomic mass is 32.2. The molecule has 0 saturated heterocycles. The van der Waals surface area contributed by atoms with Crippen LogP contribution >= 0.6 is 0 Å². The Morgan fingerprint density at radius 1 is 1.17 bits per heavy atom. The number of hydrogen-bond acceptors (Lipinski definition) is 2. The molecule has 1 saturated carbocycles. The first-order chi connectivity index (χ1) is 5.08. The summed E-state index contributed by atoms with van der Waals surface area (Å²) in [5.74, 6) is 0. The zero-order valence-corrected chi connectivity index (χ0v) is 7.10. The molecule has 4 nitrogen and oxygen atoms in total. The Bertz CT molecular complexity index is 207. The van der Waals surface area contributed by atoms with Crippen LogP contribution in [-0.2, 0) is 10.3 Å². The minimum atomic E-state index is -3.97. The van der Waals surface area contributed by atoms with E-state index in [2.05, 4.69) is 4.72 Å². The first kappa shape index (κ1) is 11.9. The van der Waals surface area contributed by atoms with Gasteiger partial charge in [-0.2, -0.15) is 13.1 Å². The third-order valence-corrected chi connectivity index (χ3v) is 2.55. The quantitative estimate of drug-likeness (QED) is 0.653. The van der Waals surface area contributed by atoms with Gasteiger partial charge in [-0.15, -0.1) is 0 Å². The van der Waals surface area contributed by atoms with E-state index in [1.165, 1.54) is 6.42 Å². The van der Waals surface area contributed by atoms with Crippen molar-refractivity contribution >= 4 is 10.3 Å². The van der Waals surface area contributed by atoms with Crippen LogP contribution in [0.1, 0.15) is 39.5 Å². The fraction of sp³-hybridized carbons (Fsp3) is 1.00. The largest absolute Gasteiger partial charge is 0.333 e. The lowest BCUT2D eigenvalue weighted by Crippen LogP contribution is -2.35. The van der Waals surface area contributed by atoms with E-state index >= 15 is 0 Å². The predicted octanol–water partition coefficient (Wildman–Crippen LogP) is 1.35. The predicted molar refractivity (Wildman–Crippen MR) is 48.3 cm³/mol. The summed E-state index contributed by atoms with van der Waals surface area (Å²) >= 11 is 0. The molecular formula is C7H17NO3S. The summed E-state index contributed by atoms with van der Waals surface area (Å²) in [5.41, 5.74) is 0. The molecule has 0 unspecified atom stereocenters. The standard InChI is InChI=1S/C6H13NO3S.CH4/c8-11(9,10)7-6-4-2-1-3-5-6;/h6-7H,1-5H2,(H,8,9,10);1H4. The van der Waals surface area contributed by atoms with Gasteiger partial charge in [-0.3, -0.25) is 4.55 Å². The van der Waals surface area contributed by atoms with Crippen molar-refractivity contribution in [1.29, 1.82) is 0 Å². The molecule has 0 amide bonds. The minimum absolute atomic E-state index is 0. The maximum absolute atomic E-state index is 10.3. The average Bonchev–Trinajstić information content (AvgIpc) is 1.85. The van der Waals surface area contributed by atoms with Gasteiger partial charge in [-0.25, -0.2) is 0 Å². The summed E-state index contributed by atoms with van der Waals surface area (Å²) in [7, 11) is -3.97. The van der Waals surface area contributed by atoms with Crippen LogP contribution in [0.25, 0.3) is 0 Å².